The SMILES string of the molecule is COc1ccc(CCC(=O)N[C@H]2CC[C@@H](C(=O)O)C2)cc1F. The summed E-state index contributed by atoms with van der Waals surface area (Å²) < 4.78 is 18.4. The monoisotopic (exact) mass is 309 g/mol. The molecule has 0 bridgehead atoms. The van der Waals surface area contributed by atoms with Gasteiger partial charge in [0, 0.05) is 12.5 Å². The van der Waals surface area contributed by atoms with E-state index in [1.54, 1.807) is 6.07 Å². The van der Waals surface area contributed by atoms with Crippen LogP contribution in [0.25, 0.3) is 0 Å². The van der Waals surface area contributed by atoms with Gasteiger partial charge in [-0.2, -0.15) is 0 Å². The van der Waals surface area contributed by atoms with Crippen molar-refractivity contribution in [1.29, 1.82) is 0 Å². The predicted octanol–water partition coefficient (Wildman–Crippen LogP) is 2.14. The van der Waals surface area contributed by atoms with Crippen molar-refractivity contribution >= 4 is 11.9 Å². The van der Waals surface area contributed by atoms with E-state index in [1.165, 1.54) is 19.2 Å². The fourth-order valence-electron chi connectivity index (χ4n) is 2.76. The fraction of sp³-hybridized carbons (Fsp3) is 0.500. The first kappa shape index (κ1) is 16.3. The molecule has 22 heavy (non-hydrogen) atoms. The Hall–Kier alpha value is -2.11. The van der Waals surface area contributed by atoms with E-state index in [1.807, 2.05) is 0 Å². The summed E-state index contributed by atoms with van der Waals surface area (Å²) in [5.74, 6) is -1.56. The van der Waals surface area contributed by atoms with Crippen molar-refractivity contribution in [3.63, 3.8) is 0 Å². The number of carboxylic acid groups (broad SMARTS) is 1. The average molecular weight is 309 g/mol. The summed E-state index contributed by atoms with van der Waals surface area (Å²) in [4.78, 5) is 22.7. The Kier molecular flexibility index (Phi) is 5.35. The minimum atomic E-state index is -0.801. The number of carboxylic acids is 1. The van der Waals surface area contributed by atoms with E-state index in [4.69, 9.17) is 9.84 Å². The first-order valence-corrected chi connectivity index (χ1v) is 7.34. The highest BCUT2D eigenvalue weighted by atomic mass is 19.1. The van der Waals surface area contributed by atoms with Crippen molar-refractivity contribution in [1.82, 2.24) is 5.32 Å². The van der Waals surface area contributed by atoms with Crippen molar-refractivity contribution in [2.75, 3.05) is 7.11 Å². The molecule has 1 saturated carbocycles. The Morgan fingerprint density at radius 3 is 2.77 bits per heavy atom. The van der Waals surface area contributed by atoms with Gasteiger partial charge in [-0.05, 0) is 43.4 Å². The zero-order valence-corrected chi connectivity index (χ0v) is 12.5. The van der Waals surface area contributed by atoms with Crippen LogP contribution in [0.4, 0.5) is 4.39 Å². The van der Waals surface area contributed by atoms with Crippen LogP contribution in [0.2, 0.25) is 0 Å². The highest BCUT2D eigenvalue weighted by Gasteiger charge is 2.30. The van der Waals surface area contributed by atoms with Gasteiger partial charge in [0.1, 0.15) is 0 Å². The van der Waals surface area contributed by atoms with Crippen molar-refractivity contribution in [3.05, 3.63) is 29.6 Å². The van der Waals surface area contributed by atoms with Crippen molar-refractivity contribution in [2.45, 2.75) is 38.1 Å². The number of hydrogen-bond acceptors (Lipinski definition) is 3. The van der Waals surface area contributed by atoms with Gasteiger partial charge in [0.2, 0.25) is 5.91 Å². The van der Waals surface area contributed by atoms with Gasteiger partial charge in [0.05, 0.1) is 13.0 Å². The highest BCUT2D eigenvalue weighted by Crippen LogP contribution is 2.25. The third kappa shape index (κ3) is 4.19. The van der Waals surface area contributed by atoms with E-state index in [0.29, 0.717) is 25.7 Å². The van der Waals surface area contributed by atoms with Gasteiger partial charge in [0.25, 0.3) is 0 Å². The zero-order valence-electron chi connectivity index (χ0n) is 12.5. The molecule has 1 amide bonds. The van der Waals surface area contributed by atoms with Crippen LogP contribution in [0, 0.1) is 11.7 Å². The average Bonchev–Trinajstić information content (AvgIpc) is 2.94. The molecule has 0 saturated heterocycles. The smallest absolute Gasteiger partial charge is 0.306 e. The number of halogens is 1. The van der Waals surface area contributed by atoms with E-state index in [0.717, 1.165) is 5.56 Å². The van der Waals surface area contributed by atoms with Crippen molar-refractivity contribution in [3.8, 4) is 5.75 Å². The highest BCUT2D eigenvalue weighted by molar-refractivity contribution is 5.77. The first-order chi connectivity index (χ1) is 10.5. The lowest BCUT2D eigenvalue weighted by atomic mass is 10.1. The molecule has 0 aliphatic heterocycles. The largest absolute Gasteiger partial charge is 0.494 e. The minimum absolute atomic E-state index is 0.0683. The molecule has 2 N–H and O–H groups in total. The maximum Gasteiger partial charge on any atom is 0.306 e. The number of methoxy groups -OCH3 is 1. The number of benzene rings is 1. The molecule has 0 radical (unpaired) electrons. The lowest BCUT2D eigenvalue weighted by Gasteiger charge is -2.12. The molecule has 0 spiro atoms. The van der Waals surface area contributed by atoms with Crippen LogP contribution in [-0.4, -0.2) is 30.1 Å². The number of ether oxygens (including phenoxy) is 1. The Labute approximate surface area is 128 Å². The quantitative estimate of drug-likeness (QED) is 0.844. The summed E-state index contributed by atoms with van der Waals surface area (Å²) in [5, 5.41) is 11.8. The van der Waals surface area contributed by atoms with E-state index in [9.17, 15) is 14.0 Å². The number of hydrogen-bond donors (Lipinski definition) is 2. The van der Waals surface area contributed by atoms with Gasteiger partial charge < -0.3 is 15.2 Å². The molecule has 2 rings (SSSR count). The molecule has 6 heteroatoms. The van der Waals surface area contributed by atoms with Crippen LogP contribution < -0.4 is 10.1 Å². The molecular formula is C16H20FNO4. The van der Waals surface area contributed by atoms with Gasteiger partial charge >= 0.3 is 5.97 Å². The molecule has 1 fully saturated rings. The molecule has 0 aromatic heterocycles. The third-order valence-electron chi connectivity index (χ3n) is 4.00. The van der Waals surface area contributed by atoms with E-state index >= 15 is 0 Å². The number of rotatable bonds is 6. The van der Waals surface area contributed by atoms with Crippen molar-refractivity contribution < 1.29 is 23.8 Å². The summed E-state index contributed by atoms with van der Waals surface area (Å²) >= 11 is 0. The molecule has 0 heterocycles. The Morgan fingerprint density at radius 2 is 2.18 bits per heavy atom. The molecule has 120 valence electrons. The number of carbonyl (C=O) groups excluding carboxylic acids is 1. The number of aliphatic carboxylic acids is 1. The number of amides is 1. The topological polar surface area (TPSA) is 75.6 Å². The van der Waals surface area contributed by atoms with Gasteiger partial charge in [-0.15, -0.1) is 0 Å². The summed E-state index contributed by atoms with van der Waals surface area (Å²) in [6.45, 7) is 0. The molecule has 2 atom stereocenters. The summed E-state index contributed by atoms with van der Waals surface area (Å²) in [6.07, 6.45) is 2.46. The van der Waals surface area contributed by atoms with Gasteiger partial charge in [-0.25, -0.2) is 4.39 Å². The third-order valence-corrected chi connectivity index (χ3v) is 4.00. The van der Waals surface area contributed by atoms with E-state index in [-0.39, 0.29) is 30.0 Å². The normalized spacial score (nSPS) is 20.6. The Morgan fingerprint density at radius 1 is 1.41 bits per heavy atom. The molecular weight excluding hydrogens is 289 g/mol. The fourth-order valence-corrected chi connectivity index (χ4v) is 2.76. The van der Waals surface area contributed by atoms with Crippen LogP contribution >= 0.6 is 0 Å². The van der Waals surface area contributed by atoms with Crippen LogP contribution in [0.3, 0.4) is 0 Å². The van der Waals surface area contributed by atoms with Gasteiger partial charge in [0.15, 0.2) is 11.6 Å². The number of carbonyl (C=O) groups is 2. The number of nitrogens with one attached hydrogen (secondary N) is 1. The second-order valence-electron chi connectivity index (χ2n) is 5.58. The Balaban J connectivity index is 1.78. The van der Waals surface area contributed by atoms with Crippen LogP contribution in [-0.2, 0) is 16.0 Å². The summed E-state index contributed by atoms with van der Waals surface area (Å²) in [7, 11) is 1.40. The Bertz CT molecular complexity index is 561. The predicted molar refractivity (Wildman–Crippen MR) is 78.2 cm³/mol. The second kappa shape index (κ2) is 7.24. The standard InChI is InChI=1S/C16H20FNO4/c1-22-14-6-2-10(8-13(14)17)3-7-15(19)18-12-5-4-11(9-12)16(20)21/h2,6,8,11-12H,3-5,7,9H2,1H3,(H,18,19)(H,20,21)/t11-,12+/m1/s1. The maximum atomic E-state index is 13.5. The molecule has 0 unspecified atom stereocenters. The summed E-state index contributed by atoms with van der Waals surface area (Å²) in [5.41, 5.74) is 0.725. The van der Waals surface area contributed by atoms with Crippen molar-refractivity contribution in [2.24, 2.45) is 5.92 Å². The molecule has 1 aromatic carbocycles. The van der Waals surface area contributed by atoms with Gasteiger partial charge in [-0.3, -0.25) is 9.59 Å². The van der Waals surface area contributed by atoms with Crippen LogP contribution in [0.15, 0.2) is 18.2 Å². The van der Waals surface area contributed by atoms with E-state index < -0.39 is 11.8 Å². The maximum absolute atomic E-state index is 13.5. The molecule has 1 aliphatic rings. The zero-order chi connectivity index (χ0) is 16.1. The lowest BCUT2D eigenvalue weighted by Crippen LogP contribution is -2.33. The molecule has 1 aliphatic carbocycles. The minimum Gasteiger partial charge on any atom is -0.494 e. The van der Waals surface area contributed by atoms with E-state index in [2.05, 4.69) is 5.32 Å². The molecule has 1 aromatic rings. The summed E-state index contributed by atoms with van der Waals surface area (Å²) in [6, 6.07) is 4.56. The van der Waals surface area contributed by atoms with Gasteiger partial charge in [-0.1, -0.05) is 6.07 Å². The number of aryl methyl sites for hydroxylation is 1. The van der Waals surface area contributed by atoms with Crippen LogP contribution in [0.5, 0.6) is 5.75 Å². The lowest BCUT2D eigenvalue weighted by molar-refractivity contribution is -0.141. The first-order valence-electron chi connectivity index (χ1n) is 7.34. The van der Waals surface area contributed by atoms with Crippen LogP contribution in [0.1, 0.15) is 31.2 Å². The second-order valence-corrected chi connectivity index (χ2v) is 5.58. The molecule has 5 nitrogen and oxygen atoms in total.